The molecule has 5 heteroatoms. The van der Waals surface area contributed by atoms with Gasteiger partial charge in [0.15, 0.2) is 0 Å². The predicted molar refractivity (Wildman–Crippen MR) is 74.0 cm³/mol. The molecule has 2 rings (SSSR count). The van der Waals surface area contributed by atoms with Crippen molar-refractivity contribution in [3.8, 4) is 0 Å². The first-order chi connectivity index (χ1) is 8.59. The lowest BCUT2D eigenvalue weighted by Gasteiger charge is -2.05. The van der Waals surface area contributed by atoms with Gasteiger partial charge in [-0.1, -0.05) is 32.0 Å². The maximum Gasteiger partial charge on any atom is 0.469 e. The van der Waals surface area contributed by atoms with E-state index in [0.717, 1.165) is 5.75 Å². The average Bonchev–Trinajstić information content (AvgIpc) is 2.63. The van der Waals surface area contributed by atoms with Crippen LogP contribution >= 0.6 is 11.9 Å². The van der Waals surface area contributed by atoms with Gasteiger partial charge in [0.05, 0.1) is 11.9 Å². The molecular formula is C13H17N2O2S+. The van der Waals surface area contributed by atoms with E-state index in [1.165, 1.54) is 16.8 Å². The maximum atomic E-state index is 11.9. The van der Waals surface area contributed by atoms with Crippen molar-refractivity contribution in [2.45, 2.75) is 13.8 Å². The number of benzene rings is 1. The molecule has 0 radical (unpaired) electrons. The van der Waals surface area contributed by atoms with Crippen LogP contribution in [0.2, 0.25) is 0 Å². The lowest BCUT2D eigenvalue weighted by molar-refractivity contribution is -0.338. The van der Waals surface area contributed by atoms with E-state index in [2.05, 4.69) is 13.8 Å². The number of carbonyl (C=O) groups excluding carboxylic acids is 1. The molecule has 1 N–H and O–H groups in total. The molecule has 0 saturated heterocycles. The molecule has 0 atom stereocenters. The Morgan fingerprint density at radius 3 is 2.67 bits per heavy atom. The van der Waals surface area contributed by atoms with Gasteiger partial charge in [-0.15, -0.1) is 4.90 Å². The third kappa shape index (κ3) is 2.67. The molecule has 0 fully saturated rings. The largest absolute Gasteiger partial charge is 0.469 e. The second-order valence-corrected chi connectivity index (χ2v) is 5.62. The minimum absolute atomic E-state index is 0.0110. The summed E-state index contributed by atoms with van der Waals surface area (Å²) in [7, 11) is 0. The number of hydrogen-bond acceptors (Lipinski definition) is 2. The SMILES string of the molecule is CC(C)CS[N+]1=C(O)N(c2ccccc2)C(=O)C1. The molecular weight excluding hydrogens is 248 g/mol. The fourth-order valence-electron chi connectivity index (χ4n) is 1.67. The summed E-state index contributed by atoms with van der Waals surface area (Å²) in [5.41, 5.74) is 0.702. The van der Waals surface area contributed by atoms with Gasteiger partial charge in [-0.2, -0.15) is 3.98 Å². The number of amides is 1. The molecule has 4 nitrogen and oxygen atoms in total. The molecule has 18 heavy (non-hydrogen) atoms. The Bertz CT molecular complexity index is 471. The number of nitrogens with zero attached hydrogens (tertiary/aromatic N) is 2. The highest BCUT2D eigenvalue weighted by atomic mass is 32.2. The van der Waals surface area contributed by atoms with Gasteiger partial charge >= 0.3 is 11.9 Å². The van der Waals surface area contributed by atoms with Crippen molar-refractivity contribution >= 4 is 29.6 Å². The summed E-state index contributed by atoms with van der Waals surface area (Å²) in [6.45, 7) is 4.44. The van der Waals surface area contributed by atoms with Crippen molar-refractivity contribution in [2.24, 2.45) is 5.92 Å². The van der Waals surface area contributed by atoms with Crippen LogP contribution in [-0.2, 0) is 4.79 Å². The van der Waals surface area contributed by atoms with Crippen LogP contribution in [0.3, 0.4) is 0 Å². The van der Waals surface area contributed by atoms with Crippen LogP contribution in [0, 0.1) is 5.92 Å². The first-order valence-corrected chi connectivity index (χ1v) is 6.88. The molecule has 0 spiro atoms. The van der Waals surface area contributed by atoms with Crippen LogP contribution in [0.1, 0.15) is 13.8 Å². The molecule has 0 bridgehead atoms. The summed E-state index contributed by atoms with van der Waals surface area (Å²) in [5, 5.41) is 10.1. The van der Waals surface area contributed by atoms with E-state index in [9.17, 15) is 9.90 Å². The van der Waals surface area contributed by atoms with Gasteiger partial charge in [-0.3, -0.25) is 0 Å². The van der Waals surface area contributed by atoms with Crippen LogP contribution in [0.25, 0.3) is 0 Å². The topological polar surface area (TPSA) is 43.6 Å². The summed E-state index contributed by atoms with van der Waals surface area (Å²) >= 11 is 1.49. The summed E-state index contributed by atoms with van der Waals surface area (Å²) < 4.78 is 1.65. The molecule has 0 saturated carbocycles. The fourth-order valence-corrected chi connectivity index (χ4v) is 2.54. The van der Waals surface area contributed by atoms with Crippen LogP contribution in [0.4, 0.5) is 5.69 Å². The zero-order chi connectivity index (χ0) is 13.1. The van der Waals surface area contributed by atoms with Crippen LogP contribution in [0.5, 0.6) is 0 Å². The van der Waals surface area contributed by atoms with Gasteiger partial charge in [0, 0.05) is 5.75 Å². The molecule has 1 aliphatic rings. The van der Waals surface area contributed by atoms with Crippen molar-refractivity contribution in [2.75, 3.05) is 17.2 Å². The normalized spacial score (nSPS) is 15.9. The van der Waals surface area contributed by atoms with E-state index in [4.69, 9.17) is 0 Å². The third-order valence-electron chi connectivity index (χ3n) is 2.53. The second-order valence-electron chi connectivity index (χ2n) is 4.59. The summed E-state index contributed by atoms with van der Waals surface area (Å²) in [5.74, 6) is 1.29. The van der Waals surface area contributed by atoms with Gasteiger partial charge in [0.25, 0.3) is 0 Å². The Morgan fingerprint density at radius 2 is 2.06 bits per heavy atom. The smallest absolute Gasteiger partial charge is 0.445 e. The zero-order valence-corrected chi connectivity index (χ0v) is 11.4. The molecule has 0 unspecified atom stereocenters. The molecule has 1 amide bonds. The molecule has 96 valence electrons. The lowest BCUT2D eigenvalue weighted by atomic mass is 10.3. The highest BCUT2D eigenvalue weighted by Crippen LogP contribution is 2.21. The van der Waals surface area contributed by atoms with Gasteiger partial charge in [0.1, 0.15) is 5.69 Å². The van der Waals surface area contributed by atoms with Crippen molar-refractivity contribution in [1.29, 1.82) is 0 Å². The number of hydrogen-bond donors (Lipinski definition) is 1. The van der Waals surface area contributed by atoms with E-state index >= 15 is 0 Å². The minimum atomic E-state index is -0.102. The Morgan fingerprint density at radius 1 is 1.39 bits per heavy atom. The van der Waals surface area contributed by atoms with Crippen molar-refractivity contribution < 1.29 is 13.9 Å². The Labute approximate surface area is 111 Å². The first kappa shape index (κ1) is 13.0. The first-order valence-electron chi connectivity index (χ1n) is 5.94. The Kier molecular flexibility index (Phi) is 3.91. The number of rotatable bonds is 4. The predicted octanol–water partition coefficient (Wildman–Crippen LogP) is 2.26. The molecule has 1 aliphatic heterocycles. The summed E-state index contributed by atoms with van der Waals surface area (Å²) in [6.07, 6.45) is 0. The van der Waals surface area contributed by atoms with E-state index in [0.29, 0.717) is 11.6 Å². The highest BCUT2D eigenvalue weighted by Gasteiger charge is 2.41. The lowest BCUT2D eigenvalue weighted by Crippen LogP contribution is -2.32. The zero-order valence-electron chi connectivity index (χ0n) is 10.5. The average molecular weight is 265 g/mol. The standard InChI is InChI=1S/C13H16N2O2S/c1-10(2)9-18-14-8-12(16)15(13(14)17)11-6-4-3-5-7-11/h3-7,10H,8-9H2,1-2H3/p+1. The second kappa shape index (κ2) is 5.44. The molecule has 1 aromatic carbocycles. The maximum absolute atomic E-state index is 11.9. The van der Waals surface area contributed by atoms with Gasteiger partial charge < -0.3 is 5.11 Å². The van der Waals surface area contributed by atoms with E-state index in [1.807, 2.05) is 30.3 Å². The van der Waals surface area contributed by atoms with Crippen LogP contribution in [-0.4, -0.2) is 33.3 Å². The number of aliphatic hydroxyl groups is 1. The number of para-hydroxylation sites is 1. The third-order valence-corrected chi connectivity index (χ3v) is 3.95. The quantitative estimate of drug-likeness (QED) is 0.671. The van der Waals surface area contributed by atoms with Crippen molar-refractivity contribution in [1.82, 2.24) is 0 Å². The summed E-state index contributed by atoms with van der Waals surface area (Å²) in [6, 6.07) is 9.21. The summed E-state index contributed by atoms with van der Waals surface area (Å²) in [4.78, 5) is 13.3. The van der Waals surface area contributed by atoms with Crippen LogP contribution in [0.15, 0.2) is 30.3 Å². The fraction of sp³-hybridized carbons (Fsp3) is 0.385. The van der Waals surface area contributed by atoms with Crippen LogP contribution < -0.4 is 4.90 Å². The number of aliphatic hydroxyl groups excluding tert-OH is 1. The Hall–Kier alpha value is -1.49. The van der Waals surface area contributed by atoms with E-state index in [-0.39, 0.29) is 18.5 Å². The van der Waals surface area contributed by atoms with Gasteiger partial charge in [-0.05, 0) is 18.1 Å². The number of anilines is 1. The highest BCUT2D eigenvalue weighted by molar-refractivity contribution is 7.93. The number of carbonyl (C=O) groups is 1. The molecule has 0 aromatic heterocycles. The van der Waals surface area contributed by atoms with Gasteiger partial charge in [-0.25, -0.2) is 4.79 Å². The van der Waals surface area contributed by atoms with E-state index in [1.54, 1.807) is 3.98 Å². The Balaban J connectivity index is 2.19. The number of amidine groups is 1. The van der Waals surface area contributed by atoms with Crippen molar-refractivity contribution in [3.63, 3.8) is 0 Å². The monoisotopic (exact) mass is 265 g/mol. The van der Waals surface area contributed by atoms with Crippen molar-refractivity contribution in [3.05, 3.63) is 30.3 Å². The van der Waals surface area contributed by atoms with Gasteiger partial charge in [0.2, 0.25) is 6.54 Å². The minimum Gasteiger partial charge on any atom is -0.445 e. The molecule has 1 heterocycles. The molecule has 1 aromatic rings. The van der Waals surface area contributed by atoms with E-state index < -0.39 is 0 Å². The molecule has 0 aliphatic carbocycles.